The molecule has 5 aromatic heterocycles. The van der Waals surface area contributed by atoms with Crippen LogP contribution in [-0.4, -0.2) is 57.6 Å². The van der Waals surface area contributed by atoms with Gasteiger partial charge < -0.3 is 43.3 Å². The molecule has 0 radical (unpaired) electrons. The van der Waals surface area contributed by atoms with Crippen LogP contribution in [0, 0.1) is 3.57 Å². The first-order valence-corrected chi connectivity index (χ1v) is 53.5. The van der Waals surface area contributed by atoms with Crippen LogP contribution in [0.15, 0.2) is 552 Å². The van der Waals surface area contributed by atoms with Gasteiger partial charge in [0.2, 0.25) is 0 Å². The van der Waals surface area contributed by atoms with Gasteiger partial charge in [0, 0.05) is 115 Å². The highest BCUT2D eigenvalue weighted by atomic mass is 127. The lowest BCUT2D eigenvalue weighted by Crippen LogP contribution is -2.29. The summed E-state index contributed by atoms with van der Waals surface area (Å²) in [6.45, 7) is 0. The second-order valence-corrected chi connectivity index (χ2v) is 41.4. The van der Waals surface area contributed by atoms with Crippen molar-refractivity contribution in [3.05, 3.63) is 572 Å². The minimum Gasteiger partial charge on any atom is -0.423 e. The van der Waals surface area contributed by atoms with E-state index in [2.05, 4.69) is 510 Å². The van der Waals surface area contributed by atoms with Gasteiger partial charge in [-0.3, -0.25) is 0 Å². The van der Waals surface area contributed by atoms with Crippen molar-refractivity contribution in [2.45, 2.75) is 5.92 Å². The fourth-order valence-electron chi connectivity index (χ4n) is 20.5. The van der Waals surface area contributed by atoms with E-state index in [-0.39, 0.29) is 5.92 Å². The smallest absolute Gasteiger partial charge is 0.423 e. The van der Waals surface area contributed by atoms with Crippen molar-refractivity contribution in [2.75, 3.05) is 0 Å². The van der Waals surface area contributed by atoms with Crippen molar-refractivity contribution in [1.82, 2.24) is 23.3 Å². The Balaban J connectivity index is 0.000000107. The number of hydrogen-bond donors (Lipinski definition) is 5. The minimum absolute atomic E-state index is 0.265. The minimum atomic E-state index is -1.44. The molecule has 0 bridgehead atoms. The van der Waals surface area contributed by atoms with E-state index in [1.165, 1.54) is 174 Å². The molecule has 0 aliphatic heterocycles. The normalized spacial score (nSPS) is 11.4. The number of rotatable bonds is 11. The Kier molecular flexibility index (Phi) is 29.4. The van der Waals surface area contributed by atoms with Gasteiger partial charge in [0.05, 0.1) is 44.1 Å². The number of benzene rings is 22. The van der Waals surface area contributed by atoms with Gasteiger partial charge in [0.15, 0.2) is 0 Å². The maximum atomic E-state index is 9.24. The summed E-state index contributed by atoms with van der Waals surface area (Å²) < 4.78 is 14.8. The highest BCUT2D eigenvalue weighted by molar-refractivity contribution is 14.1. The molecule has 716 valence electrons. The molecule has 16 heteroatoms. The van der Waals surface area contributed by atoms with E-state index in [1.807, 2.05) is 109 Å². The van der Waals surface area contributed by atoms with Crippen LogP contribution in [0.5, 0.6) is 0 Å². The van der Waals surface area contributed by atoms with Gasteiger partial charge in [-0.1, -0.05) is 416 Å². The van der Waals surface area contributed by atoms with E-state index >= 15 is 0 Å². The van der Waals surface area contributed by atoms with Gasteiger partial charge in [-0.2, -0.15) is 0 Å². The van der Waals surface area contributed by atoms with Crippen LogP contribution in [0.25, 0.3) is 187 Å². The van der Waals surface area contributed by atoms with Gasteiger partial charge in [0.1, 0.15) is 0 Å². The third-order valence-electron chi connectivity index (χ3n) is 27.4. The first-order valence-electron chi connectivity index (χ1n) is 49.2. The average molecular weight is 2290 g/mol. The van der Waals surface area contributed by atoms with E-state index in [0.29, 0.717) is 10.9 Å². The molecule has 28 rings (SSSR count). The molecule has 0 spiro atoms. The van der Waals surface area contributed by atoms with E-state index < -0.39 is 14.2 Å². The molecule has 0 fully saturated rings. The lowest BCUT2D eigenvalue weighted by Gasteiger charge is -2.15. The van der Waals surface area contributed by atoms with Gasteiger partial charge in [-0.05, 0) is 288 Å². The highest BCUT2D eigenvalue weighted by Crippen LogP contribution is 2.49. The topological polar surface area (TPSA) is 116 Å². The molecule has 1 aliphatic carbocycles. The summed E-state index contributed by atoms with van der Waals surface area (Å²) in [5.41, 5.74) is 33.8. The van der Waals surface area contributed by atoms with E-state index in [0.717, 1.165) is 51.3 Å². The lowest BCUT2D eigenvalue weighted by atomic mass is 9.80. The first kappa shape index (κ1) is 98.1. The number of aromatic nitrogens is 5. The molecule has 149 heavy (non-hydrogen) atoms. The summed E-state index contributed by atoms with van der Waals surface area (Å²) >= 11 is 16.0. The molecular formula is C133H94B2Br4IN5O4. The maximum Gasteiger partial charge on any atom is 0.488 e. The quantitative estimate of drug-likeness (QED) is 0.0655. The molecule has 9 nitrogen and oxygen atoms in total. The second kappa shape index (κ2) is 44.6. The van der Waals surface area contributed by atoms with E-state index in [9.17, 15) is 20.1 Å². The third-order valence-corrected chi connectivity index (χ3v) is 30.2. The summed E-state index contributed by atoms with van der Waals surface area (Å²) in [5, 5.41) is 49.6. The summed E-state index contributed by atoms with van der Waals surface area (Å²) in [6, 6.07) is 186. The Hall–Kier alpha value is -15.5. The Morgan fingerprint density at radius 1 is 0.201 bits per heavy atom. The Morgan fingerprint density at radius 3 is 0.732 bits per heavy atom. The highest BCUT2D eigenvalue weighted by Gasteiger charge is 2.30. The summed E-state index contributed by atoms with van der Waals surface area (Å²) in [7, 11) is -2.88. The number of fused-ring (bicyclic) bond motifs is 18. The standard InChI is InChI=1S/C49H33N.2C18H14BNO2.C18H12BrN.C12H8Br2.C12H9N.C6H4BrI/c1-3-19-45-41(15-1)42-16-2-4-20-46(42)49(45)35-25-23-33(24-26-35)36-11-9-13-38(31-36)39-14-10-12-37(32-39)34-27-29-40(30-28-34)50-47-21-7-5-17-43(47)44-18-6-8-22-48(44)50;2*21-19(22)13-9-11-14(12-10-13)20-17-7-3-1-5-15(17)16-6-2-4-8-18(16)20;19-13-9-11-14(12-10-13)20-17-7-3-1-5-15(17)16-6-2-4-8-18(16)20;13-11-5-1-3-9(7-11)10-4-2-6-12(14)8-10;1-3-7-11-9(5-1)10-6-2-4-8-12(10)13-11;7-5-1-3-6(8)4-2-5/h1-32,49H;2*1-12,21-22H;1-12H;1-8H;1-8,13H;1-4H. The summed E-state index contributed by atoms with van der Waals surface area (Å²) in [4.78, 5) is 3.38. The van der Waals surface area contributed by atoms with Gasteiger partial charge in [0.25, 0.3) is 0 Å². The Bertz CT molecular complexity index is 8970. The van der Waals surface area contributed by atoms with Gasteiger partial charge >= 0.3 is 14.2 Å². The van der Waals surface area contributed by atoms with Crippen molar-refractivity contribution in [3.8, 4) is 78.4 Å². The molecule has 0 saturated heterocycles. The van der Waals surface area contributed by atoms with Crippen molar-refractivity contribution in [2.24, 2.45) is 0 Å². The van der Waals surface area contributed by atoms with Gasteiger partial charge in [-0.15, -0.1) is 0 Å². The second-order valence-electron chi connectivity index (χ2n) is 36.5. The first-order chi connectivity index (χ1) is 73.1. The van der Waals surface area contributed by atoms with Crippen LogP contribution in [0.2, 0.25) is 0 Å². The van der Waals surface area contributed by atoms with Crippen molar-refractivity contribution >= 4 is 221 Å². The Labute approximate surface area is 911 Å². The lowest BCUT2D eigenvalue weighted by molar-refractivity contribution is 0.424. The number of nitrogens with zero attached hydrogens (tertiary/aromatic N) is 4. The van der Waals surface area contributed by atoms with Crippen LogP contribution in [0.3, 0.4) is 0 Å². The number of halogens is 5. The van der Waals surface area contributed by atoms with Crippen molar-refractivity contribution in [1.29, 1.82) is 0 Å². The predicted molar refractivity (Wildman–Crippen MR) is 650 cm³/mol. The monoisotopic (exact) mass is 2290 g/mol. The van der Waals surface area contributed by atoms with E-state index in [1.54, 1.807) is 24.3 Å². The largest absolute Gasteiger partial charge is 0.488 e. The number of hydrogen-bond acceptors (Lipinski definition) is 4. The predicted octanol–water partition coefficient (Wildman–Crippen LogP) is 34.7. The number of para-hydroxylation sites is 10. The van der Waals surface area contributed by atoms with Crippen molar-refractivity contribution < 1.29 is 20.1 Å². The third kappa shape index (κ3) is 20.9. The van der Waals surface area contributed by atoms with Crippen LogP contribution >= 0.6 is 86.3 Å². The molecular weight excluding hydrogens is 2200 g/mol. The summed E-state index contributed by atoms with van der Waals surface area (Å²) in [6.07, 6.45) is 0. The Morgan fingerprint density at radius 2 is 0.436 bits per heavy atom. The fraction of sp³-hybridized carbons (Fsp3) is 0.00752. The molecule has 22 aromatic carbocycles. The molecule has 0 unspecified atom stereocenters. The van der Waals surface area contributed by atoms with Crippen LogP contribution in [0.4, 0.5) is 0 Å². The zero-order chi connectivity index (χ0) is 101. The van der Waals surface area contributed by atoms with Crippen LogP contribution in [-0.2, 0) is 0 Å². The zero-order valence-corrected chi connectivity index (χ0v) is 89.0. The molecule has 5 N–H and O–H groups in total. The van der Waals surface area contributed by atoms with Crippen LogP contribution in [0.1, 0.15) is 22.6 Å². The number of aromatic amines is 1. The van der Waals surface area contributed by atoms with Crippen LogP contribution < -0.4 is 10.9 Å². The summed E-state index contributed by atoms with van der Waals surface area (Å²) in [5.74, 6) is 0.265. The molecule has 5 heterocycles. The molecule has 1 aliphatic rings. The number of H-pyrrole nitrogens is 1. The molecule has 0 amide bonds. The van der Waals surface area contributed by atoms with E-state index in [4.69, 9.17) is 0 Å². The number of nitrogens with one attached hydrogen (secondary N) is 1. The molecule has 0 saturated carbocycles. The molecule has 27 aromatic rings. The maximum absolute atomic E-state index is 9.24. The average Bonchev–Trinajstić information content (AvgIpc) is 1.61. The fourth-order valence-corrected chi connectivity index (χ4v) is 22.2. The SMILES string of the molecule is Brc1ccc(-n2c3ccccc3c3ccccc32)cc1.Brc1ccc(I)cc1.Brc1cccc(-c2cccc(Br)c2)c1.OB(O)c1ccc(-n2c3ccccc3c3ccccc32)cc1.OB(O)c1ccc(-n2c3ccccc3c3ccccc32)cc1.c1cc(-c2ccc(C3c4ccccc4-c4ccccc43)cc2)cc(-c2cccc(-c3ccc(-n4c5ccccc5c5ccccc54)cc3)c2)c1.c1ccc2c(c1)[nH]c1ccccc12. The zero-order valence-electron chi connectivity index (χ0n) is 80.5. The van der Waals surface area contributed by atoms with Crippen molar-refractivity contribution in [3.63, 3.8) is 0 Å². The van der Waals surface area contributed by atoms with Gasteiger partial charge in [-0.25, -0.2) is 0 Å². The molecule has 0 atom stereocenters.